The average Bonchev–Trinajstić information content (AvgIpc) is 2.95. The predicted octanol–water partition coefficient (Wildman–Crippen LogP) is 1.81. The molecule has 0 saturated heterocycles. The number of ether oxygens (including phenoxy) is 1. The summed E-state index contributed by atoms with van der Waals surface area (Å²) in [4.78, 5) is 15.9. The molecular formula is C12H15N3O3. The van der Waals surface area contributed by atoms with Gasteiger partial charge in [-0.15, -0.1) is 0 Å². The predicted molar refractivity (Wildman–Crippen MR) is 64.0 cm³/mol. The largest absolute Gasteiger partial charge is 0.463 e. The Bertz CT molecular complexity index is 557. The third-order valence-corrected chi connectivity index (χ3v) is 2.51. The quantitative estimate of drug-likeness (QED) is 0.773. The minimum Gasteiger partial charge on any atom is -0.463 e. The van der Waals surface area contributed by atoms with Gasteiger partial charge in [0.15, 0.2) is 0 Å². The van der Waals surface area contributed by atoms with Crippen LogP contribution in [0.25, 0.3) is 11.5 Å². The second kappa shape index (κ2) is 5.03. The van der Waals surface area contributed by atoms with Crippen molar-refractivity contribution in [3.63, 3.8) is 0 Å². The van der Waals surface area contributed by atoms with Crippen LogP contribution in [0.1, 0.15) is 29.6 Å². The molecule has 6 nitrogen and oxygen atoms in total. The van der Waals surface area contributed by atoms with Gasteiger partial charge < -0.3 is 9.15 Å². The second-order valence-corrected chi connectivity index (χ2v) is 3.94. The first-order valence-corrected chi connectivity index (χ1v) is 5.72. The molecule has 96 valence electrons. The van der Waals surface area contributed by atoms with Crippen LogP contribution in [0.15, 0.2) is 16.8 Å². The molecule has 0 spiro atoms. The zero-order chi connectivity index (χ0) is 13.1. The smallest absolute Gasteiger partial charge is 0.376 e. The first kappa shape index (κ1) is 12.3. The zero-order valence-electron chi connectivity index (χ0n) is 10.6. The Morgan fingerprint density at radius 2 is 2.33 bits per heavy atom. The van der Waals surface area contributed by atoms with Crippen LogP contribution in [-0.4, -0.2) is 27.8 Å². The second-order valence-electron chi connectivity index (χ2n) is 3.94. The van der Waals surface area contributed by atoms with Crippen LogP contribution in [0.2, 0.25) is 0 Å². The molecule has 0 aliphatic rings. The summed E-state index contributed by atoms with van der Waals surface area (Å²) in [6.07, 6.45) is 4.97. The van der Waals surface area contributed by atoms with E-state index in [4.69, 9.17) is 4.42 Å². The Morgan fingerprint density at radius 3 is 2.89 bits per heavy atom. The minimum atomic E-state index is -0.499. The number of aryl methyl sites for hydroxylation is 2. The monoisotopic (exact) mass is 249 g/mol. The lowest BCUT2D eigenvalue weighted by molar-refractivity contribution is 0.0564. The standard InChI is InChI=1S/C12H15N3O3/c1-4-5-9-10(12(16)17-3)18-11(14-9)8-6-13-15(2)7-8/h6-7H,4-5H2,1-3H3. The van der Waals surface area contributed by atoms with Crippen molar-refractivity contribution in [3.8, 4) is 11.5 Å². The van der Waals surface area contributed by atoms with E-state index in [1.54, 1.807) is 24.1 Å². The SMILES string of the molecule is CCCc1nc(-c2cnn(C)c2)oc1C(=O)OC. The molecule has 0 N–H and O–H groups in total. The van der Waals surface area contributed by atoms with Crippen molar-refractivity contribution >= 4 is 5.97 Å². The van der Waals surface area contributed by atoms with Gasteiger partial charge in [-0.1, -0.05) is 13.3 Å². The third kappa shape index (κ3) is 2.27. The van der Waals surface area contributed by atoms with Gasteiger partial charge >= 0.3 is 5.97 Å². The molecule has 2 rings (SSSR count). The summed E-state index contributed by atoms with van der Waals surface area (Å²) in [5, 5.41) is 4.04. The highest BCUT2D eigenvalue weighted by molar-refractivity contribution is 5.87. The van der Waals surface area contributed by atoms with Gasteiger partial charge in [-0.25, -0.2) is 9.78 Å². The zero-order valence-corrected chi connectivity index (χ0v) is 10.6. The van der Waals surface area contributed by atoms with Gasteiger partial charge in [0.2, 0.25) is 11.7 Å². The molecule has 0 bridgehead atoms. The molecule has 18 heavy (non-hydrogen) atoms. The van der Waals surface area contributed by atoms with Crippen LogP contribution in [0.5, 0.6) is 0 Å². The van der Waals surface area contributed by atoms with Gasteiger partial charge in [-0.3, -0.25) is 4.68 Å². The Morgan fingerprint density at radius 1 is 1.56 bits per heavy atom. The molecule has 0 saturated carbocycles. The summed E-state index contributed by atoms with van der Waals surface area (Å²) in [7, 11) is 3.13. The number of rotatable bonds is 4. The molecule has 0 atom stereocenters. The van der Waals surface area contributed by atoms with E-state index in [9.17, 15) is 4.79 Å². The van der Waals surface area contributed by atoms with E-state index in [1.165, 1.54) is 7.11 Å². The molecule has 0 unspecified atom stereocenters. The molecule has 0 aromatic carbocycles. The topological polar surface area (TPSA) is 70.2 Å². The number of aromatic nitrogens is 3. The number of oxazole rings is 1. The van der Waals surface area contributed by atoms with Crippen molar-refractivity contribution in [1.82, 2.24) is 14.8 Å². The fourth-order valence-corrected chi connectivity index (χ4v) is 1.67. The van der Waals surface area contributed by atoms with Gasteiger partial charge in [-0.2, -0.15) is 5.10 Å². The molecule has 2 heterocycles. The van der Waals surface area contributed by atoms with Crippen LogP contribution < -0.4 is 0 Å². The number of carbonyl (C=O) groups is 1. The number of nitrogens with zero attached hydrogens (tertiary/aromatic N) is 3. The molecule has 0 aliphatic carbocycles. The molecule has 2 aromatic heterocycles. The van der Waals surface area contributed by atoms with Crippen molar-refractivity contribution < 1.29 is 13.9 Å². The van der Waals surface area contributed by atoms with Crippen LogP contribution >= 0.6 is 0 Å². The summed E-state index contributed by atoms with van der Waals surface area (Å²) < 4.78 is 11.8. The Hall–Kier alpha value is -2.11. The van der Waals surface area contributed by atoms with Gasteiger partial charge in [0.1, 0.15) is 0 Å². The van der Waals surface area contributed by atoms with E-state index >= 15 is 0 Å². The number of methoxy groups -OCH3 is 1. The average molecular weight is 249 g/mol. The number of hydrogen-bond donors (Lipinski definition) is 0. The minimum absolute atomic E-state index is 0.179. The molecule has 0 aliphatic heterocycles. The van der Waals surface area contributed by atoms with Crippen molar-refractivity contribution in [1.29, 1.82) is 0 Å². The highest BCUT2D eigenvalue weighted by Gasteiger charge is 2.21. The molecule has 0 amide bonds. The highest BCUT2D eigenvalue weighted by atomic mass is 16.5. The number of carbonyl (C=O) groups excluding carboxylic acids is 1. The Labute approximate surface area is 105 Å². The molecule has 2 aromatic rings. The maximum atomic E-state index is 11.6. The molecule has 6 heteroatoms. The maximum absolute atomic E-state index is 11.6. The van der Waals surface area contributed by atoms with E-state index < -0.39 is 5.97 Å². The van der Waals surface area contributed by atoms with Crippen molar-refractivity contribution in [2.24, 2.45) is 7.05 Å². The van der Waals surface area contributed by atoms with Crippen molar-refractivity contribution in [2.45, 2.75) is 19.8 Å². The Kier molecular flexibility index (Phi) is 3.45. The molecule has 0 fully saturated rings. The fourth-order valence-electron chi connectivity index (χ4n) is 1.67. The fraction of sp³-hybridized carbons (Fsp3) is 0.417. The summed E-state index contributed by atoms with van der Waals surface area (Å²) >= 11 is 0. The molecule has 0 radical (unpaired) electrons. The Balaban J connectivity index is 2.41. The third-order valence-electron chi connectivity index (χ3n) is 2.51. The number of esters is 1. The van der Waals surface area contributed by atoms with Crippen molar-refractivity contribution in [2.75, 3.05) is 7.11 Å². The van der Waals surface area contributed by atoms with Gasteiger partial charge in [0.05, 0.1) is 24.6 Å². The van der Waals surface area contributed by atoms with Crippen LogP contribution in [0, 0.1) is 0 Å². The van der Waals surface area contributed by atoms with Gasteiger partial charge in [0, 0.05) is 13.2 Å². The highest BCUT2D eigenvalue weighted by Crippen LogP contribution is 2.22. The van der Waals surface area contributed by atoms with Crippen LogP contribution in [0.4, 0.5) is 0 Å². The van der Waals surface area contributed by atoms with E-state index in [0.717, 1.165) is 12.0 Å². The number of hydrogen-bond acceptors (Lipinski definition) is 5. The lowest BCUT2D eigenvalue weighted by atomic mass is 10.2. The molecular weight excluding hydrogens is 234 g/mol. The lowest BCUT2D eigenvalue weighted by Crippen LogP contribution is -2.03. The maximum Gasteiger partial charge on any atom is 0.376 e. The normalized spacial score (nSPS) is 10.6. The van der Waals surface area contributed by atoms with Gasteiger partial charge in [0.25, 0.3) is 0 Å². The summed E-state index contributed by atoms with van der Waals surface area (Å²) in [6, 6.07) is 0. The van der Waals surface area contributed by atoms with Crippen molar-refractivity contribution in [3.05, 3.63) is 23.8 Å². The lowest BCUT2D eigenvalue weighted by Gasteiger charge is -1.96. The first-order valence-electron chi connectivity index (χ1n) is 5.72. The van der Waals surface area contributed by atoms with Crippen LogP contribution in [-0.2, 0) is 18.2 Å². The summed E-state index contributed by atoms with van der Waals surface area (Å²) in [5.74, 6) is 0.0752. The first-order chi connectivity index (χ1) is 8.65. The van der Waals surface area contributed by atoms with Gasteiger partial charge in [-0.05, 0) is 6.42 Å². The summed E-state index contributed by atoms with van der Waals surface area (Å²) in [6.45, 7) is 2.01. The van der Waals surface area contributed by atoms with E-state index in [-0.39, 0.29) is 5.76 Å². The van der Waals surface area contributed by atoms with Crippen LogP contribution in [0.3, 0.4) is 0 Å². The van der Waals surface area contributed by atoms with E-state index in [0.29, 0.717) is 18.0 Å². The summed E-state index contributed by atoms with van der Waals surface area (Å²) in [5.41, 5.74) is 1.37. The van der Waals surface area contributed by atoms with E-state index in [2.05, 4.69) is 14.8 Å². The van der Waals surface area contributed by atoms with E-state index in [1.807, 2.05) is 6.92 Å².